The average molecular weight is 538 g/mol. The average Bonchev–Trinajstić information content (AvgIpc) is 2.57. The van der Waals surface area contributed by atoms with Gasteiger partial charge in [0, 0.05) is 0 Å². The van der Waals surface area contributed by atoms with E-state index >= 15 is 0 Å². The Balaban J connectivity index is 2.92. The van der Waals surface area contributed by atoms with Crippen LogP contribution in [0.4, 0.5) is 0 Å². The van der Waals surface area contributed by atoms with Gasteiger partial charge >= 0.3 is 0 Å². The first-order valence-electron chi connectivity index (χ1n) is 6.47. The van der Waals surface area contributed by atoms with Crippen molar-refractivity contribution in [1.82, 2.24) is 0 Å². The molecule has 23 heteroatoms. The van der Waals surface area contributed by atoms with E-state index in [1.165, 1.54) is 10.5 Å². The normalized spacial score (nSPS) is 16.6. The SMILES string of the molecule is [SiH2]O[SiH2]O[SiH2]O[SiH2]O[SiH2]O[SiH2]O[SiH2]O[SiH2]O[SiH2]O[SiH2]O[SiH2]O[SiH3]. The maximum Gasteiger partial charge on any atom is 0.286 e. The molecule has 0 N–H and O–H groups in total. The highest BCUT2D eigenvalue weighted by Gasteiger charge is 1.96. The van der Waals surface area contributed by atoms with Gasteiger partial charge in [-0.1, -0.05) is 0 Å². The smallest absolute Gasteiger partial charge is 0.286 e. The Labute approximate surface area is 165 Å². The highest BCUT2D eigenvalue weighted by molar-refractivity contribution is 6.50. The van der Waals surface area contributed by atoms with Gasteiger partial charge in [-0.3, -0.25) is 0 Å². The Morgan fingerprint density at radius 2 is 0.696 bits per heavy atom. The van der Waals surface area contributed by atoms with Gasteiger partial charge in [0.2, 0.25) is 0 Å². The van der Waals surface area contributed by atoms with Gasteiger partial charge in [0.15, 0.2) is 10.5 Å². The van der Waals surface area contributed by atoms with Crippen LogP contribution in [0.15, 0.2) is 0 Å². The maximum atomic E-state index is 5.40. The van der Waals surface area contributed by atoms with E-state index in [2.05, 4.69) is 0 Å². The zero-order valence-corrected chi connectivity index (χ0v) is 30.8. The molecule has 0 spiro atoms. The zero-order valence-electron chi connectivity index (χ0n) is 13.3. The molecule has 0 saturated heterocycles. The van der Waals surface area contributed by atoms with E-state index in [4.69, 9.17) is 45.3 Å². The molecule has 0 saturated carbocycles. The summed E-state index contributed by atoms with van der Waals surface area (Å²) in [6, 6.07) is 0. The lowest BCUT2D eigenvalue weighted by Crippen LogP contribution is -2.21. The molecule has 0 aromatic heterocycles. The zero-order chi connectivity index (χ0) is 16.8. The van der Waals surface area contributed by atoms with Crippen LogP contribution in [0.5, 0.6) is 0 Å². The van der Waals surface area contributed by atoms with Crippen LogP contribution in [-0.2, 0) is 45.3 Å². The van der Waals surface area contributed by atoms with Crippen molar-refractivity contribution in [3.63, 3.8) is 0 Å². The molecule has 0 aromatic rings. The van der Waals surface area contributed by atoms with Crippen LogP contribution in [-0.4, -0.2) is 121 Å². The van der Waals surface area contributed by atoms with Crippen LogP contribution in [0.3, 0.4) is 0 Å². The van der Waals surface area contributed by atoms with Gasteiger partial charge in [0.1, 0.15) is 10.5 Å². The van der Waals surface area contributed by atoms with Crippen LogP contribution < -0.4 is 0 Å². The maximum absolute atomic E-state index is 5.40. The summed E-state index contributed by atoms with van der Waals surface area (Å²) in [5, 5.41) is 0. The largest absolute Gasteiger partial charge is 0.449 e. The lowest BCUT2D eigenvalue weighted by Gasteiger charge is -2.08. The van der Waals surface area contributed by atoms with Crippen molar-refractivity contribution in [3.8, 4) is 0 Å². The standard InChI is InChI=1S/H25O11Si12/c12-1-14-3-16-5-18-7-20-9-22-11-23-10-21-8-19-6-17-4-15-2-13/h12,14-23H2,13H3. The van der Waals surface area contributed by atoms with E-state index in [-0.39, 0.29) is 0 Å². The van der Waals surface area contributed by atoms with Crippen molar-refractivity contribution in [3.05, 3.63) is 0 Å². The van der Waals surface area contributed by atoms with Crippen molar-refractivity contribution in [2.75, 3.05) is 0 Å². The molecule has 0 aromatic carbocycles. The molecule has 0 atom stereocenters. The Kier molecular flexibility index (Phi) is 26.4. The van der Waals surface area contributed by atoms with E-state index in [1.807, 2.05) is 0 Å². The second-order valence-corrected chi connectivity index (χ2v) is 24.5. The molecule has 1 radical (unpaired) electrons. The summed E-state index contributed by atoms with van der Waals surface area (Å²) in [5.74, 6) is 0. The minimum absolute atomic E-state index is 0.742. The summed E-state index contributed by atoms with van der Waals surface area (Å²) in [5.41, 5.74) is 0. The lowest BCUT2D eigenvalue weighted by molar-refractivity contribution is 0.360. The Bertz CT molecular complexity index is 187. The second-order valence-electron chi connectivity index (χ2n) is 3.51. The van der Waals surface area contributed by atoms with Gasteiger partial charge in [-0.25, -0.2) is 0 Å². The lowest BCUT2D eigenvalue weighted by atomic mass is 15.7. The fourth-order valence-corrected chi connectivity index (χ4v) is 19.3. The van der Waals surface area contributed by atoms with E-state index < -0.39 is 100 Å². The minimum Gasteiger partial charge on any atom is -0.449 e. The van der Waals surface area contributed by atoms with Crippen LogP contribution in [0, 0.1) is 0 Å². The minimum atomic E-state index is -0.954. The molecule has 0 aliphatic rings. The Morgan fingerprint density at radius 3 is 0.957 bits per heavy atom. The fourth-order valence-electron chi connectivity index (χ4n) is 0.920. The molecule has 0 heterocycles. The van der Waals surface area contributed by atoms with Crippen molar-refractivity contribution in [1.29, 1.82) is 0 Å². The number of hydrogen-bond donors (Lipinski definition) is 0. The molecule has 139 valence electrons. The molecule has 0 unspecified atom stereocenters. The van der Waals surface area contributed by atoms with Crippen LogP contribution >= 0.6 is 0 Å². The fraction of sp³-hybridized carbons (Fsp3) is 0. The molecule has 0 rings (SSSR count). The van der Waals surface area contributed by atoms with Gasteiger partial charge in [-0.15, -0.1) is 0 Å². The topological polar surface area (TPSA) is 102 Å². The Hall–Kier alpha value is 2.16. The van der Waals surface area contributed by atoms with Crippen molar-refractivity contribution in [2.45, 2.75) is 0 Å². The van der Waals surface area contributed by atoms with E-state index in [9.17, 15) is 0 Å². The third-order valence-corrected chi connectivity index (χ3v) is 15.3. The molecule has 0 aliphatic heterocycles. The summed E-state index contributed by atoms with van der Waals surface area (Å²) >= 11 is 0. The first-order valence-corrected chi connectivity index (χ1v) is 19.4. The van der Waals surface area contributed by atoms with Gasteiger partial charge in [-0.2, -0.15) is 0 Å². The quantitative estimate of drug-likeness (QED) is 0.109. The summed E-state index contributed by atoms with van der Waals surface area (Å²) in [4.78, 5) is 0. The highest BCUT2D eigenvalue weighted by Crippen LogP contribution is 1.78. The van der Waals surface area contributed by atoms with E-state index in [0.717, 1.165) is 10.5 Å². The number of rotatable bonds is 20. The van der Waals surface area contributed by atoms with Gasteiger partial charge in [0.25, 0.3) is 100 Å². The Morgan fingerprint density at radius 1 is 0.435 bits per heavy atom. The highest BCUT2D eigenvalue weighted by atomic mass is 28.4. The van der Waals surface area contributed by atoms with Crippen molar-refractivity contribution < 1.29 is 45.3 Å². The van der Waals surface area contributed by atoms with E-state index in [1.54, 1.807) is 0 Å². The van der Waals surface area contributed by atoms with Crippen molar-refractivity contribution >= 4 is 121 Å². The first-order chi connectivity index (χ1) is 11.4. The second kappa shape index (κ2) is 24.2. The third-order valence-electron chi connectivity index (χ3n) is 1.70. The molecular weight excluding hydrogens is 513 g/mol. The van der Waals surface area contributed by atoms with Gasteiger partial charge in [-0.05, 0) is 0 Å². The molecule has 0 fully saturated rings. The summed E-state index contributed by atoms with van der Waals surface area (Å²) < 4.78 is 58.0. The summed E-state index contributed by atoms with van der Waals surface area (Å²) in [6.07, 6.45) is 0. The van der Waals surface area contributed by atoms with Crippen LogP contribution in [0.1, 0.15) is 0 Å². The third kappa shape index (κ3) is 24.2. The summed E-state index contributed by atoms with van der Waals surface area (Å²) in [7, 11) is -6.69. The van der Waals surface area contributed by atoms with Crippen LogP contribution in [0.25, 0.3) is 0 Å². The monoisotopic (exact) mass is 537 g/mol. The predicted octanol–water partition coefficient (Wildman–Crippen LogP) is -12.0. The predicted molar refractivity (Wildman–Crippen MR) is 116 cm³/mol. The van der Waals surface area contributed by atoms with Gasteiger partial charge < -0.3 is 45.3 Å². The van der Waals surface area contributed by atoms with Gasteiger partial charge in [0.05, 0.1) is 0 Å². The first kappa shape index (κ1) is 25.2. The molecule has 23 heavy (non-hydrogen) atoms. The molecule has 0 bridgehead atoms. The van der Waals surface area contributed by atoms with E-state index in [0.29, 0.717) is 0 Å². The number of hydrogen-bond acceptors (Lipinski definition) is 11. The van der Waals surface area contributed by atoms with Crippen LogP contribution in [0.2, 0.25) is 0 Å². The van der Waals surface area contributed by atoms with Crippen molar-refractivity contribution in [2.24, 2.45) is 0 Å². The molecular formula is H25O11Si12. The summed E-state index contributed by atoms with van der Waals surface area (Å²) in [6.45, 7) is 0. The molecule has 11 nitrogen and oxygen atoms in total. The molecule has 0 amide bonds. The molecule has 0 aliphatic carbocycles.